The second-order valence-electron chi connectivity index (χ2n) is 6.79. The summed E-state index contributed by atoms with van der Waals surface area (Å²) in [6.45, 7) is 0.461. The maximum atomic E-state index is 12.8. The van der Waals surface area contributed by atoms with E-state index in [2.05, 4.69) is 15.3 Å². The van der Waals surface area contributed by atoms with Crippen LogP contribution >= 0.6 is 11.8 Å². The Morgan fingerprint density at radius 2 is 1.77 bits per heavy atom. The van der Waals surface area contributed by atoms with Gasteiger partial charge in [0.1, 0.15) is 0 Å². The van der Waals surface area contributed by atoms with Crippen LogP contribution in [-0.2, 0) is 29.6 Å². The Labute approximate surface area is 181 Å². The molecule has 162 valence electrons. The van der Waals surface area contributed by atoms with Crippen LogP contribution in [0.4, 0.5) is 13.2 Å². The lowest BCUT2D eigenvalue weighted by atomic mass is 10.1. The number of rotatable bonds is 8. The first-order chi connectivity index (χ1) is 14.8. The molecule has 3 rings (SSSR count). The van der Waals surface area contributed by atoms with E-state index in [9.17, 15) is 22.8 Å². The van der Waals surface area contributed by atoms with E-state index < -0.39 is 17.3 Å². The van der Waals surface area contributed by atoms with Crippen molar-refractivity contribution in [1.29, 1.82) is 0 Å². The number of H-pyrrole nitrogens is 1. The van der Waals surface area contributed by atoms with Gasteiger partial charge < -0.3 is 10.3 Å². The largest absolute Gasteiger partial charge is 0.416 e. The van der Waals surface area contributed by atoms with Crippen LogP contribution in [0.1, 0.15) is 22.4 Å². The van der Waals surface area contributed by atoms with Crippen molar-refractivity contribution in [3.63, 3.8) is 0 Å². The van der Waals surface area contributed by atoms with Gasteiger partial charge in [0.2, 0.25) is 5.91 Å². The third-order valence-corrected chi connectivity index (χ3v) is 5.27. The molecular weight excluding hydrogens is 427 g/mol. The zero-order chi connectivity index (χ0) is 22.3. The molecule has 2 aromatic carbocycles. The van der Waals surface area contributed by atoms with Crippen molar-refractivity contribution in [3.05, 3.63) is 93.4 Å². The number of hydrogen-bond donors (Lipinski definition) is 2. The van der Waals surface area contributed by atoms with Crippen molar-refractivity contribution in [2.24, 2.45) is 0 Å². The molecule has 0 aliphatic rings. The number of aromatic nitrogens is 2. The molecule has 3 aromatic rings. The van der Waals surface area contributed by atoms with Crippen molar-refractivity contribution in [2.45, 2.75) is 29.9 Å². The van der Waals surface area contributed by atoms with Gasteiger partial charge in [0.05, 0.1) is 17.7 Å². The highest BCUT2D eigenvalue weighted by atomic mass is 32.2. The topological polar surface area (TPSA) is 74.8 Å². The van der Waals surface area contributed by atoms with Crippen molar-refractivity contribution in [1.82, 2.24) is 15.3 Å². The number of nitrogens with one attached hydrogen (secondary N) is 2. The van der Waals surface area contributed by atoms with E-state index in [1.54, 1.807) is 6.07 Å². The summed E-state index contributed by atoms with van der Waals surface area (Å²) in [7, 11) is 0. The molecule has 0 atom stereocenters. The Kier molecular flexibility index (Phi) is 7.51. The Morgan fingerprint density at radius 1 is 1.03 bits per heavy atom. The summed E-state index contributed by atoms with van der Waals surface area (Å²) >= 11 is 1.10. The number of thioether (sulfide) groups is 1. The second kappa shape index (κ2) is 10.3. The fraction of sp³-hybridized carbons (Fsp3) is 0.227. The van der Waals surface area contributed by atoms with Crippen LogP contribution in [0.2, 0.25) is 0 Å². The molecule has 2 N–H and O–H groups in total. The highest BCUT2D eigenvalue weighted by Gasteiger charge is 2.30. The molecule has 0 spiro atoms. The number of carbonyl (C=O) groups excluding carboxylic acids is 1. The number of hydrogen-bond acceptors (Lipinski definition) is 4. The van der Waals surface area contributed by atoms with Gasteiger partial charge in [0.15, 0.2) is 5.16 Å². The Bertz CT molecular complexity index is 1090. The monoisotopic (exact) mass is 447 g/mol. The van der Waals surface area contributed by atoms with Crippen LogP contribution in [0.25, 0.3) is 0 Å². The average Bonchev–Trinajstić information content (AvgIpc) is 2.72. The Morgan fingerprint density at radius 3 is 2.52 bits per heavy atom. The van der Waals surface area contributed by atoms with Crippen molar-refractivity contribution < 1.29 is 18.0 Å². The van der Waals surface area contributed by atoms with Gasteiger partial charge in [-0.2, -0.15) is 13.2 Å². The Balaban J connectivity index is 1.56. The maximum absolute atomic E-state index is 12.8. The molecular formula is C22H20F3N3O2S. The first kappa shape index (κ1) is 22.6. The summed E-state index contributed by atoms with van der Waals surface area (Å²) in [5.74, 6) is -0.0672. The smallest absolute Gasteiger partial charge is 0.355 e. The highest BCUT2D eigenvalue weighted by Crippen LogP contribution is 2.30. The predicted molar refractivity (Wildman–Crippen MR) is 113 cm³/mol. The van der Waals surface area contributed by atoms with Gasteiger partial charge >= 0.3 is 6.18 Å². The van der Waals surface area contributed by atoms with Crippen LogP contribution in [0.15, 0.2) is 70.6 Å². The van der Waals surface area contributed by atoms with Crippen molar-refractivity contribution >= 4 is 17.7 Å². The molecule has 1 amide bonds. The number of halogens is 3. The molecule has 0 fully saturated rings. The number of amides is 1. The Hall–Kier alpha value is -3.07. The number of alkyl halides is 3. The fourth-order valence-electron chi connectivity index (χ4n) is 2.85. The summed E-state index contributed by atoms with van der Waals surface area (Å²) in [6.07, 6.45) is -3.79. The predicted octanol–water partition coefficient (Wildman–Crippen LogP) is 3.98. The van der Waals surface area contributed by atoms with Crippen molar-refractivity contribution in [2.75, 3.05) is 6.54 Å². The van der Waals surface area contributed by atoms with Crippen LogP contribution < -0.4 is 10.9 Å². The van der Waals surface area contributed by atoms with E-state index in [0.717, 1.165) is 29.5 Å². The standard InChI is InChI=1S/C22H20F3N3O2S/c23-22(24,25)17-8-4-7-16(11-17)14-31-21-27-18(13-20(30)28-21)12-19(29)26-10-9-15-5-2-1-3-6-15/h1-8,11,13H,9-10,12,14H2,(H,26,29)(H,27,28,30). The molecule has 1 heterocycles. The van der Waals surface area contributed by atoms with E-state index in [-0.39, 0.29) is 23.2 Å². The normalized spacial score (nSPS) is 11.3. The third kappa shape index (κ3) is 7.29. The van der Waals surface area contributed by atoms with Crippen LogP contribution in [-0.4, -0.2) is 22.4 Å². The van der Waals surface area contributed by atoms with Crippen LogP contribution in [0.3, 0.4) is 0 Å². The van der Waals surface area contributed by atoms with Gasteiger partial charge in [-0.15, -0.1) is 0 Å². The average molecular weight is 447 g/mol. The quantitative estimate of drug-likeness (QED) is 0.405. The third-order valence-electron chi connectivity index (χ3n) is 4.32. The van der Waals surface area contributed by atoms with Crippen LogP contribution in [0.5, 0.6) is 0 Å². The van der Waals surface area contributed by atoms with E-state index in [0.29, 0.717) is 24.2 Å². The summed E-state index contributed by atoms with van der Waals surface area (Å²) in [5.41, 5.74) is 0.700. The molecule has 0 bridgehead atoms. The molecule has 0 saturated carbocycles. The maximum Gasteiger partial charge on any atom is 0.416 e. The minimum atomic E-state index is -4.42. The zero-order valence-electron chi connectivity index (χ0n) is 16.4. The van der Waals surface area contributed by atoms with Gasteiger partial charge in [-0.3, -0.25) is 9.59 Å². The summed E-state index contributed by atoms with van der Waals surface area (Å²) in [5, 5.41) is 3.04. The molecule has 5 nitrogen and oxygen atoms in total. The number of nitrogens with zero attached hydrogens (tertiary/aromatic N) is 1. The first-order valence-electron chi connectivity index (χ1n) is 9.49. The molecule has 31 heavy (non-hydrogen) atoms. The number of carbonyl (C=O) groups is 1. The van der Waals surface area contributed by atoms with Crippen LogP contribution in [0, 0.1) is 0 Å². The second-order valence-corrected chi connectivity index (χ2v) is 7.76. The minimum absolute atomic E-state index is 0.0597. The summed E-state index contributed by atoms with van der Waals surface area (Å²) in [4.78, 5) is 30.9. The molecule has 0 radical (unpaired) electrons. The van der Waals surface area contributed by atoms with Gasteiger partial charge in [0.25, 0.3) is 5.56 Å². The van der Waals surface area contributed by atoms with Crippen molar-refractivity contribution in [3.8, 4) is 0 Å². The highest BCUT2D eigenvalue weighted by molar-refractivity contribution is 7.98. The first-order valence-corrected chi connectivity index (χ1v) is 10.5. The fourth-order valence-corrected chi connectivity index (χ4v) is 3.69. The van der Waals surface area contributed by atoms with E-state index in [1.807, 2.05) is 30.3 Å². The lowest BCUT2D eigenvalue weighted by molar-refractivity contribution is -0.137. The van der Waals surface area contributed by atoms with Gasteiger partial charge in [-0.25, -0.2) is 4.98 Å². The number of benzene rings is 2. The number of aromatic amines is 1. The lowest BCUT2D eigenvalue weighted by Crippen LogP contribution is -2.28. The lowest BCUT2D eigenvalue weighted by Gasteiger charge is -2.09. The molecule has 0 saturated heterocycles. The van der Waals surface area contributed by atoms with E-state index in [4.69, 9.17) is 0 Å². The molecule has 1 aromatic heterocycles. The van der Waals surface area contributed by atoms with E-state index in [1.165, 1.54) is 12.1 Å². The minimum Gasteiger partial charge on any atom is -0.355 e. The summed E-state index contributed by atoms with van der Waals surface area (Å²) in [6, 6.07) is 15.9. The van der Waals surface area contributed by atoms with Gasteiger partial charge in [-0.05, 0) is 23.6 Å². The zero-order valence-corrected chi connectivity index (χ0v) is 17.2. The molecule has 9 heteroatoms. The van der Waals surface area contributed by atoms with E-state index >= 15 is 0 Å². The molecule has 0 aliphatic heterocycles. The SMILES string of the molecule is O=C(Cc1cc(=O)[nH]c(SCc2cccc(C(F)(F)F)c2)n1)NCCc1ccccc1. The van der Waals surface area contributed by atoms with Gasteiger partial charge in [0, 0.05) is 18.4 Å². The van der Waals surface area contributed by atoms with Gasteiger partial charge in [-0.1, -0.05) is 60.3 Å². The molecule has 0 aliphatic carbocycles. The molecule has 0 unspecified atom stereocenters. The summed E-state index contributed by atoms with van der Waals surface area (Å²) < 4.78 is 38.5.